The molecule has 34 heavy (non-hydrogen) atoms. The molecule has 2 N–H and O–H groups in total. The summed E-state index contributed by atoms with van der Waals surface area (Å²) in [5.74, 6) is -1.15. The van der Waals surface area contributed by atoms with Crippen molar-refractivity contribution in [3.63, 3.8) is 0 Å². The third-order valence-corrected chi connectivity index (χ3v) is 7.46. The number of anilines is 1. The summed E-state index contributed by atoms with van der Waals surface area (Å²) < 4.78 is 0. The topological polar surface area (TPSA) is 105 Å². The van der Waals surface area contributed by atoms with Crippen LogP contribution in [0.5, 0.6) is 0 Å². The molecule has 0 aliphatic carbocycles. The van der Waals surface area contributed by atoms with Crippen LogP contribution < -0.4 is 10.6 Å². The van der Waals surface area contributed by atoms with E-state index in [1.807, 2.05) is 36.9 Å². The molecule has 3 atom stereocenters. The van der Waals surface area contributed by atoms with Crippen LogP contribution in [-0.2, 0) is 14.4 Å². The molecule has 0 aromatic heterocycles. The maximum absolute atomic E-state index is 13.6. The van der Waals surface area contributed by atoms with Crippen LogP contribution in [0.4, 0.5) is 10.5 Å². The minimum Gasteiger partial charge on any atom is -0.340 e. The fraction of sp³-hybridized carbons (Fsp3) is 0.583. The van der Waals surface area contributed by atoms with Crippen molar-refractivity contribution < 1.29 is 19.2 Å². The largest absolute Gasteiger partial charge is 0.340 e. The van der Waals surface area contributed by atoms with Crippen LogP contribution in [0.1, 0.15) is 24.5 Å². The number of hydrogen-bond acceptors (Lipinski definition) is 6. The molecule has 3 fully saturated rings. The molecule has 3 aliphatic rings. The smallest absolute Gasteiger partial charge is 0.328 e. The van der Waals surface area contributed by atoms with E-state index in [-0.39, 0.29) is 24.4 Å². The highest BCUT2D eigenvalue weighted by Crippen LogP contribution is 2.31. The van der Waals surface area contributed by atoms with E-state index in [2.05, 4.69) is 15.5 Å². The van der Waals surface area contributed by atoms with Gasteiger partial charge in [0.25, 0.3) is 0 Å². The normalized spacial score (nSPS) is 25.9. The van der Waals surface area contributed by atoms with Crippen molar-refractivity contribution in [2.45, 2.75) is 39.4 Å². The lowest BCUT2D eigenvalue weighted by molar-refractivity contribution is -0.148. The molecular formula is C24H34N6O4. The van der Waals surface area contributed by atoms with Crippen molar-refractivity contribution in [3.8, 4) is 0 Å². The standard InChI is InChI=1S/C24H34N6O4/c1-15-6-5-7-18(16(15)2)26-20(32)14-30-23(33)21-19(8-9-25-22(21)27(4)24(30)34)29-12-10-28(11-13-29)17(3)31/h5-7,19,21-22,25H,8-14H2,1-4H3,(H,26,32). The summed E-state index contributed by atoms with van der Waals surface area (Å²) >= 11 is 0. The molecule has 3 unspecified atom stereocenters. The van der Waals surface area contributed by atoms with Gasteiger partial charge in [0.1, 0.15) is 6.54 Å². The van der Waals surface area contributed by atoms with Crippen LogP contribution in [0.25, 0.3) is 0 Å². The molecule has 1 aromatic carbocycles. The number of benzene rings is 1. The van der Waals surface area contributed by atoms with Gasteiger partial charge < -0.3 is 15.1 Å². The second-order valence-electron chi connectivity index (χ2n) is 9.44. The monoisotopic (exact) mass is 470 g/mol. The Morgan fingerprint density at radius 1 is 1.12 bits per heavy atom. The first-order valence-corrected chi connectivity index (χ1v) is 11.9. The quantitative estimate of drug-likeness (QED) is 0.668. The first-order chi connectivity index (χ1) is 16.2. The predicted octanol–water partition coefficient (Wildman–Crippen LogP) is 0.604. The minimum absolute atomic E-state index is 0.0583. The van der Waals surface area contributed by atoms with Gasteiger partial charge in [-0.05, 0) is 44.0 Å². The Kier molecular flexibility index (Phi) is 6.90. The predicted molar refractivity (Wildman–Crippen MR) is 127 cm³/mol. The van der Waals surface area contributed by atoms with Gasteiger partial charge in [-0.2, -0.15) is 0 Å². The number of urea groups is 1. The van der Waals surface area contributed by atoms with Crippen LogP contribution in [-0.4, -0.2) is 102 Å². The molecule has 3 heterocycles. The Hall–Kier alpha value is -2.98. The number of nitrogens with zero attached hydrogens (tertiary/aromatic N) is 4. The Morgan fingerprint density at radius 3 is 2.50 bits per heavy atom. The number of carbonyl (C=O) groups excluding carboxylic acids is 4. The lowest BCUT2D eigenvalue weighted by Crippen LogP contribution is -2.72. The Balaban J connectivity index is 1.50. The average molecular weight is 471 g/mol. The molecule has 3 aliphatic heterocycles. The van der Waals surface area contributed by atoms with E-state index in [9.17, 15) is 19.2 Å². The average Bonchev–Trinajstić information content (AvgIpc) is 2.83. The number of fused-ring (bicyclic) bond motifs is 1. The third kappa shape index (κ3) is 4.52. The van der Waals surface area contributed by atoms with Crippen molar-refractivity contribution >= 4 is 29.4 Å². The SMILES string of the molecule is CC(=O)N1CCN(C2CCNC3C2C(=O)N(CC(=O)Nc2cccc(C)c2C)C(=O)N3C)CC1. The summed E-state index contributed by atoms with van der Waals surface area (Å²) in [7, 11) is 1.67. The van der Waals surface area contributed by atoms with E-state index in [4.69, 9.17) is 0 Å². The summed E-state index contributed by atoms with van der Waals surface area (Å²) in [6, 6.07) is 5.09. The second-order valence-corrected chi connectivity index (χ2v) is 9.44. The maximum Gasteiger partial charge on any atom is 0.328 e. The molecule has 5 amide bonds. The van der Waals surface area contributed by atoms with Gasteiger partial charge in [-0.15, -0.1) is 0 Å². The number of amides is 5. The number of rotatable bonds is 4. The summed E-state index contributed by atoms with van der Waals surface area (Å²) in [6.45, 7) is 8.44. The third-order valence-electron chi connectivity index (χ3n) is 7.46. The van der Waals surface area contributed by atoms with E-state index in [0.29, 0.717) is 38.4 Å². The number of piperidine rings is 1. The van der Waals surface area contributed by atoms with E-state index in [0.717, 1.165) is 22.4 Å². The van der Waals surface area contributed by atoms with Gasteiger partial charge in [0.05, 0.1) is 12.1 Å². The molecule has 10 nitrogen and oxygen atoms in total. The number of aryl methyl sites for hydroxylation is 1. The Morgan fingerprint density at radius 2 is 1.82 bits per heavy atom. The zero-order chi connectivity index (χ0) is 24.6. The number of piperazine rings is 1. The molecule has 0 saturated carbocycles. The van der Waals surface area contributed by atoms with Gasteiger partial charge in [-0.3, -0.25) is 29.5 Å². The Bertz CT molecular complexity index is 990. The van der Waals surface area contributed by atoms with Crippen molar-refractivity contribution in [2.75, 3.05) is 51.6 Å². The summed E-state index contributed by atoms with van der Waals surface area (Å²) in [6.07, 6.45) is 0.347. The van der Waals surface area contributed by atoms with E-state index < -0.39 is 24.0 Å². The van der Waals surface area contributed by atoms with Crippen LogP contribution in [0.2, 0.25) is 0 Å². The molecule has 0 radical (unpaired) electrons. The van der Waals surface area contributed by atoms with Crippen LogP contribution in [0, 0.1) is 19.8 Å². The fourth-order valence-electron chi connectivity index (χ4n) is 5.30. The zero-order valence-electron chi connectivity index (χ0n) is 20.3. The van der Waals surface area contributed by atoms with Crippen molar-refractivity contribution in [1.82, 2.24) is 24.9 Å². The van der Waals surface area contributed by atoms with Crippen molar-refractivity contribution in [1.29, 1.82) is 0 Å². The highest BCUT2D eigenvalue weighted by atomic mass is 16.2. The number of nitrogens with one attached hydrogen (secondary N) is 2. The number of carbonyl (C=O) groups is 4. The molecule has 0 spiro atoms. The fourth-order valence-corrected chi connectivity index (χ4v) is 5.30. The summed E-state index contributed by atoms with van der Waals surface area (Å²) in [5.41, 5.74) is 2.67. The number of imide groups is 1. The number of hydrogen-bond donors (Lipinski definition) is 2. The van der Waals surface area contributed by atoms with Crippen LogP contribution in [0.15, 0.2) is 18.2 Å². The lowest BCUT2D eigenvalue weighted by atomic mass is 9.85. The zero-order valence-corrected chi connectivity index (χ0v) is 20.3. The summed E-state index contributed by atoms with van der Waals surface area (Å²) in [4.78, 5) is 57.9. The van der Waals surface area contributed by atoms with Gasteiger partial charge in [0.15, 0.2) is 0 Å². The molecule has 4 rings (SSSR count). The molecular weight excluding hydrogens is 436 g/mol. The highest BCUT2D eigenvalue weighted by Gasteiger charge is 2.51. The molecule has 0 bridgehead atoms. The van der Waals surface area contributed by atoms with Gasteiger partial charge in [-0.1, -0.05) is 12.1 Å². The van der Waals surface area contributed by atoms with Crippen LogP contribution >= 0.6 is 0 Å². The van der Waals surface area contributed by atoms with Crippen molar-refractivity contribution in [3.05, 3.63) is 29.3 Å². The van der Waals surface area contributed by atoms with Gasteiger partial charge >= 0.3 is 6.03 Å². The molecule has 10 heteroatoms. The Labute approximate surface area is 200 Å². The lowest BCUT2D eigenvalue weighted by Gasteiger charge is -2.52. The van der Waals surface area contributed by atoms with Crippen LogP contribution in [0.3, 0.4) is 0 Å². The highest BCUT2D eigenvalue weighted by molar-refractivity contribution is 6.04. The maximum atomic E-state index is 13.6. The summed E-state index contributed by atoms with van der Waals surface area (Å²) in [5, 5.41) is 6.17. The van der Waals surface area contributed by atoms with E-state index in [1.165, 1.54) is 4.90 Å². The van der Waals surface area contributed by atoms with Crippen molar-refractivity contribution in [2.24, 2.45) is 5.92 Å². The van der Waals surface area contributed by atoms with E-state index in [1.54, 1.807) is 14.0 Å². The van der Waals surface area contributed by atoms with Gasteiger partial charge in [0.2, 0.25) is 17.7 Å². The second kappa shape index (κ2) is 9.71. The molecule has 184 valence electrons. The minimum atomic E-state index is -0.478. The molecule has 1 aromatic rings. The first kappa shape index (κ1) is 24.2. The molecule has 3 saturated heterocycles. The van der Waals surface area contributed by atoms with Gasteiger partial charge in [-0.25, -0.2) is 4.79 Å². The van der Waals surface area contributed by atoms with E-state index >= 15 is 0 Å². The van der Waals surface area contributed by atoms with Gasteiger partial charge in [0, 0.05) is 51.9 Å². The first-order valence-electron chi connectivity index (χ1n) is 11.9.